The zero-order valence-electron chi connectivity index (χ0n) is 19.7. The minimum absolute atomic E-state index is 0.103. The molecule has 1 saturated heterocycles. The number of Topliss-reactive ketones (excluding diaryl/α,β-unsaturated/α-hetero) is 1. The van der Waals surface area contributed by atoms with Gasteiger partial charge in [-0.1, -0.05) is 51.5 Å². The van der Waals surface area contributed by atoms with E-state index in [0.29, 0.717) is 31.1 Å². The van der Waals surface area contributed by atoms with Crippen LogP contribution in [0.25, 0.3) is 5.76 Å². The van der Waals surface area contributed by atoms with Crippen LogP contribution in [0.15, 0.2) is 54.1 Å². The third kappa shape index (κ3) is 5.56. The molecular formula is C27H33NO5. The third-order valence-corrected chi connectivity index (χ3v) is 5.54. The van der Waals surface area contributed by atoms with Crippen molar-refractivity contribution in [2.24, 2.45) is 0 Å². The van der Waals surface area contributed by atoms with Gasteiger partial charge in [0.2, 0.25) is 0 Å². The summed E-state index contributed by atoms with van der Waals surface area (Å²) in [5, 5.41) is 11.2. The first-order valence-corrected chi connectivity index (χ1v) is 11.8. The van der Waals surface area contributed by atoms with Gasteiger partial charge >= 0.3 is 0 Å². The van der Waals surface area contributed by atoms with E-state index in [1.807, 2.05) is 45.0 Å². The van der Waals surface area contributed by atoms with Gasteiger partial charge in [-0.2, -0.15) is 0 Å². The van der Waals surface area contributed by atoms with Crippen LogP contribution in [0, 0.1) is 0 Å². The van der Waals surface area contributed by atoms with Crippen LogP contribution in [-0.4, -0.2) is 41.5 Å². The van der Waals surface area contributed by atoms with Crippen molar-refractivity contribution in [3.8, 4) is 11.5 Å². The Kier molecular flexibility index (Phi) is 8.52. The summed E-state index contributed by atoms with van der Waals surface area (Å²) in [6.45, 7) is 7.70. The molecule has 1 fully saturated rings. The Morgan fingerprint density at radius 3 is 2.21 bits per heavy atom. The smallest absolute Gasteiger partial charge is 0.295 e. The lowest BCUT2D eigenvalue weighted by Gasteiger charge is -2.25. The highest BCUT2D eigenvalue weighted by atomic mass is 16.5. The summed E-state index contributed by atoms with van der Waals surface area (Å²) in [5.74, 6) is -0.105. The van der Waals surface area contributed by atoms with Gasteiger partial charge in [-0.3, -0.25) is 9.59 Å². The topological polar surface area (TPSA) is 76.1 Å². The van der Waals surface area contributed by atoms with Crippen molar-refractivity contribution in [2.45, 2.75) is 52.5 Å². The molecule has 176 valence electrons. The summed E-state index contributed by atoms with van der Waals surface area (Å²) >= 11 is 0. The molecule has 1 atom stereocenters. The molecule has 2 aromatic rings. The predicted octanol–water partition coefficient (Wildman–Crippen LogP) is 5.49. The van der Waals surface area contributed by atoms with Crippen LogP contribution in [0.1, 0.15) is 63.6 Å². The van der Waals surface area contributed by atoms with Crippen molar-refractivity contribution < 1.29 is 24.2 Å². The lowest BCUT2D eigenvalue weighted by molar-refractivity contribution is -0.139. The van der Waals surface area contributed by atoms with E-state index in [1.54, 1.807) is 29.2 Å². The molecule has 1 unspecified atom stereocenters. The van der Waals surface area contributed by atoms with Crippen LogP contribution >= 0.6 is 0 Å². The number of carbonyl (C=O) groups excluding carboxylic acids is 2. The molecule has 6 heteroatoms. The van der Waals surface area contributed by atoms with Crippen molar-refractivity contribution in [1.29, 1.82) is 0 Å². The maximum atomic E-state index is 13.1. The number of likely N-dealkylation sites (tertiary alicyclic amines) is 1. The van der Waals surface area contributed by atoms with Crippen molar-refractivity contribution >= 4 is 17.4 Å². The number of unbranched alkanes of at least 4 members (excludes halogenated alkanes) is 1. The minimum Gasteiger partial charge on any atom is -0.507 e. The van der Waals surface area contributed by atoms with E-state index in [0.717, 1.165) is 37.0 Å². The molecule has 6 nitrogen and oxygen atoms in total. The normalized spacial score (nSPS) is 17.4. The van der Waals surface area contributed by atoms with Crippen LogP contribution in [0.3, 0.4) is 0 Å². The van der Waals surface area contributed by atoms with Gasteiger partial charge in [-0.15, -0.1) is 0 Å². The number of aliphatic hydroxyl groups excluding tert-OH is 1. The molecule has 2 aromatic carbocycles. The van der Waals surface area contributed by atoms with E-state index in [9.17, 15) is 14.7 Å². The molecule has 0 aliphatic carbocycles. The SMILES string of the molecule is CCCCN1C(=O)C(=O)/C(=C(\O)c2cccc(OCCC)c2)C1c1ccc(OCCC)cc1. The summed E-state index contributed by atoms with van der Waals surface area (Å²) < 4.78 is 11.4. The maximum Gasteiger partial charge on any atom is 0.295 e. The number of ketones is 1. The molecule has 1 aliphatic heterocycles. The number of benzene rings is 2. The second-order valence-electron chi connectivity index (χ2n) is 8.14. The fourth-order valence-electron chi connectivity index (χ4n) is 3.86. The number of carbonyl (C=O) groups is 2. The van der Waals surface area contributed by atoms with Crippen LogP contribution in [0.5, 0.6) is 11.5 Å². The first kappa shape index (κ1) is 24.4. The van der Waals surface area contributed by atoms with Gasteiger partial charge in [-0.25, -0.2) is 0 Å². The molecule has 1 N–H and O–H groups in total. The lowest BCUT2D eigenvalue weighted by atomic mass is 9.95. The van der Waals surface area contributed by atoms with Crippen molar-refractivity contribution in [3.05, 3.63) is 65.2 Å². The number of rotatable bonds is 11. The largest absolute Gasteiger partial charge is 0.507 e. The quantitative estimate of drug-likeness (QED) is 0.278. The average molecular weight is 452 g/mol. The molecule has 3 rings (SSSR count). The zero-order valence-corrected chi connectivity index (χ0v) is 19.7. The number of ether oxygens (including phenoxy) is 2. The van der Waals surface area contributed by atoms with Crippen LogP contribution in [-0.2, 0) is 9.59 Å². The van der Waals surface area contributed by atoms with E-state index in [4.69, 9.17) is 9.47 Å². The lowest BCUT2D eigenvalue weighted by Crippen LogP contribution is -2.30. The molecule has 0 aromatic heterocycles. The Balaban J connectivity index is 2.05. The fourth-order valence-corrected chi connectivity index (χ4v) is 3.86. The molecular weight excluding hydrogens is 418 g/mol. The molecule has 1 amide bonds. The van der Waals surface area contributed by atoms with Gasteiger partial charge in [0.25, 0.3) is 11.7 Å². The Labute approximate surface area is 195 Å². The minimum atomic E-state index is -0.667. The molecule has 1 heterocycles. The summed E-state index contributed by atoms with van der Waals surface area (Å²) in [6, 6.07) is 13.7. The monoisotopic (exact) mass is 451 g/mol. The molecule has 33 heavy (non-hydrogen) atoms. The van der Waals surface area contributed by atoms with Crippen molar-refractivity contribution in [3.63, 3.8) is 0 Å². The van der Waals surface area contributed by atoms with Gasteiger partial charge in [0, 0.05) is 12.1 Å². The third-order valence-electron chi connectivity index (χ3n) is 5.54. The Bertz CT molecular complexity index is 996. The van der Waals surface area contributed by atoms with Gasteiger partial charge in [0.05, 0.1) is 24.8 Å². The highest BCUT2D eigenvalue weighted by Gasteiger charge is 2.45. The molecule has 0 saturated carbocycles. The van der Waals surface area contributed by atoms with E-state index in [1.165, 1.54) is 0 Å². The number of amides is 1. The summed E-state index contributed by atoms with van der Waals surface area (Å²) in [7, 11) is 0. The number of nitrogens with zero attached hydrogens (tertiary/aromatic N) is 1. The molecule has 1 aliphatic rings. The average Bonchev–Trinajstić information content (AvgIpc) is 3.09. The first-order chi connectivity index (χ1) is 16.0. The predicted molar refractivity (Wildman–Crippen MR) is 128 cm³/mol. The number of hydrogen-bond acceptors (Lipinski definition) is 5. The standard InChI is InChI=1S/C27H33NO5/c1-4-7-15-28-24(19-11-13-21(14-12-19)32-16-5-2)23(26(30)27(28)31)25(29)20-9-8-10-22(18-20)33-17-6-3/h8-14,18,24,29H,4-7,15-17H2,1-3H3/b25-23-. The second kappa shape index (κ2) is 11.5. The van der Waals surface area contributed by atoms with E-state index in [-0.39, 0.29) is 11.3 Å². The Hall–Kier alpha value is -3.28. The van der Waals surface area contributed by atoms with Crippen LogP contribution in [0.2, 0.25) is 0 Å². The van der Waals surface area contributed by atoms with Crippen molar-refractivity contribution in [2.75, 3.05) is 19.8 Å². The van der Waals surface area contributed by atoms with Crippen molar-refractivity contribution in [1.82, 2.24) is 4.90 Å². The summed E-state index contributed by atoms with van der Waals surface area (Å²) in [5.41, 5.74) is 1.31. The van der Waals surface area contributed by atoms with Crippen LogP contribution < -0.4 is 9.47 Å². The summed E-state index contributed by atoms with van der Waals surface area (Å²) in [4.78, 5) is 27.6. The molecule has 0 radical (unpaired) electrons. The first-order valence-electron chi connectivity index (χ1n) is 11.8. The number of aliphatic hydroxyl groups is 1. The zero-order chi connectivity index (χ0) is 23.8. The highest BCUT2D eigenvalue weighted by Crippen LogP contribution is 2.40. The van der Waals surface area contributed by atoms with E-state index >= 15 is 0 Å². The Morgan fingerprint density at radius 2 is 1.58 bits per heavy atom. The van der Waals surface area contributed by atoms with Gasteiger partial charge < -0.3 is 19.5 Å². The fraction of sp³-hybridized carbons (Fsp3) is 0.407. The van der Waals surface area contributed by atoms with E-state index < -0.39 is 17.7 Å². The van der Waals surface area contributed by atoms with Gasteiger partial charge in [0.1, 0.15) is 17.3 Å². The Morgan fingerprint density at radius 1 is 0.909 bits per heavy atom. The van der Waals surface area contributed by atoms with Gasteiger partial charge in [-0.05, 0) is 49.1 Å². The van der Waals surface area contributed by atoms with E-state index in [2.05, 4.69) is 0 Å². The second-order valence-corrected chi connectivity index (χ2v) is 8.14. The molecule has 0 bridgehead atoms. The highest BCUT2D eigenvalue weighted by molar-refractivity contribution is 6.46. The number of hydrogen-bond donors (Lipinski definition) is 1. The maximum absolute atomic E-state index is 13.1. The summed E-state index contributed by atoms with van der Waals surface area (Å²) in [6.07, 6.45) is 3.41. The molecule has 0 spiro atoms. The van der Waals surface area contributed by atoms with Crippen LogP contribution in [0.4, 0.5) is 0 Å². The van der Waals surface area contributed by atoms with Gasteiger partial charge in [0.15, 0.2) is 0 Å².